The molecule has 2 rings (SSSR count). The van der Waals surface area contributed by atoms with Crippen LogP contribution in [0.15, 0.2) is 24.3 Å². The normalized spacial score (nSPS) is 16.4. The highest BCUT2D eigenvalue weighted by Crippen LogP contribution is 2.16. The summed E-state index contributed by atoms with van der Waals surface area (Å²) in [7, 11) is 0. The van der Waals surface area contributed by atoms with Gasteiger partial charge in [-0.2, -0.15) is 0 Å². The first-order valence-electron chi connectivity index (χ1n) is 7.41. The van der Waals surface area contributed by atoms with Crippen LogP contribution in [0.3, 0.4) is 0 Å². The van der Waals surface area contributed by atoms with E-state index in [1.807, 2.05) is 0 Å². The van der Waals surface area contributed by atoms with Gasteiger partial charge in [0.1, 0.15) is 12.4 Å². The number of hydrogen-bond acceptors (Lipinski definition) is 5. The van der Waals surface area contributed by atoms with Gasteiger partial charge in [-0.15, -0.1) is 6.42 Å². The Balaban J connectivity index is 1.75. The van der Waals surface area contributed by atoms with Crippen LogP contribution in [0.5, 0.6) is 5.75 Å². The number of carbonyl (C=O) groups is 2. The maximum absolute atomic E-state index is 11.8. The summed E-state index contributed by atoms with van der Waals surface area (Å²) >= 11 is 0. The SMILES string of the molecule is C#CCNC(=O)COC(=O)c1ccc(OCC2CCCO2)cc1. The lowest BCUT2D eigenvalue weighted by molar-refractivity contribution is -0.123. The van der Waals surface area contributed by atoms with E-state index in [9.17, 15) is 9.59 Å². The minimum Gasteiger partial charge on any atom is -0.491 e. The van der Waals surface area contributed by atoms with Crippen LogP contribution in [0.2, 0.25) is 0 Å². The van der Waals surface area contributed by atoms with E-state index in [1.54, 1.807) is 24.3 Å². The second-order valence-corrected chi connectivity index (χ2v) is 5.03. The van der Waals surface area contributed by atoms with Crippen molar-refractivity contribution in [1.29, 1.82) is 0 Å². The molecule has 1 aliphatic heterocycles. The van der Waals surface area contributed by atoms with Crippen LogP contribution in [0, 0.1) is 12.3 Å². The van der Waals surface area contributed by atoms with Gasteiger partial charge in [-0.25, -0.2) is 4.79 Å². The maximum Gasteiger partial charge on any atom is 0.338 e. The Kier molecular flexibility index (Phi) is 6.45. The summed E-state index contributed by atoms with van der Waals surface area (Å²) in [5.41, 5.74) is 0.346. The largest absolute Gasteiger partial charge is 0.491 e. The lowest BCUT2D eigenvalue weighted by Crippen LogP contribution is -2.28. The van der Waals surface area contributed by atoms with E-state index in [1.165, 1.54) is 0 Å². The molecule has 0 aliphatic carbocycles. The predicted molar refractivity (Wildman–Crippen MR) is 83.0 cm³/mol. The van der Waals surface area contributed by atoms with Crippen molar-refractivity contribution in [3.8, 4) is 18.1 Å². The van der Waals surface area contributed by atoms with Crippen molar-refractivity contribution in [3.63, 3.8) is 0 Å². The van der Waals surface area contributed by atoms with E-state index < -0.39 is 11.9 Å². The van der Waals surface area contributed by atoms with Gasteiger partial charge >= 0.3 is 5.97 Å². The lowest BCUT2D eigenvalue weighted by Gasteiger charge is -2.11. The Morgan fingerprint density at radius 1 is 1.35 bits per heavy atom. The number of benzene rings is 1. The van der Waals surface area contributed by atoms with E-state index in [-0.39, 0.29) is 19.3 Å². The monoisotopic (exact) mass is 317 g/mol. The fourth-order valence-corrected chi connectivity index (χ4v) is 2.07. The predicted octanol–water partition coefficient (Wildman–Crippen LogP) is 1.15. The lowest BCUT2D eigenvalue weighted by atomic mass is 10.2. The molecule has 1 atom stereocenters. The zero-order valence-electron chi connectivity index (χ0n) is 12.7. The summed E-state index contributed by atoms with van der Waals surface area (Å²) in [6, 6.07) is 6.55. The zero-order chi connectivity index (χ0) is 16.5. The Morgan fingerprint density at radius 2 is 2.13 bits per heavy atom. The summed E-state index contributed by atoms with van der Waals surface area (Å²) < 4.78 is 16.0. The van der Waals surface area contributed by atoms with Gasteiger partial charge in [-0.05, 0) is 37.1 Å². The number of carbonyl (C=O) groups excluding carboxylic acids is 2. The number of amides is 1. The first kappa shape index (κ1) is 16.8. The smallest absolute Gasteiger partial charge is 0.338 e. The fraction of sp³-hybridized carbons (Fsp3) is 0.412. The molecule has 6 nitrogen and oxygen atoms in total. The highest BCUT2D eigenvalue weighted by atomic mass is 16.5. The van der Waals surface area contributed by atoms with E-state index in [0.717, 1.165) is 19.4 Å². The molecular formula is C17H19NO5. The number of terminal acetylenes is 1. The van der Waals surface area contributed by atoms with Crippen molar-refractivity contribution in [2.45, 2.75) is 18.9 Å². The summed E-state index contributed by atoms with van der Waals surface area (Å²) in [6.45, 7) is 1.03. The Hall–Kier alpha value is -2.52. The average Bonchev–Trinajstić information content (AvgIpc) is 3.10. The Labute approximate surface area is 135 Å². The van der Waals surface area contributed by atoms with Gasteiger partial charge in [0.25, 0.3) is 5.91 Å². The third-order valence-corrected chi connectivity index (χ3v) is 3.27. The van der Waals surface area contributed by atoms with Crippen molar-refractivity contribution in [1.82, 2.24) is 5.32 Å². The van der Waals surface area contributed by atoms with Crippen LogP contribution in [0.25, 0.3) is 0 Å². The molecule has 1 fully saturated rings. The van der Waals surface area contributed by atoms with Crippen LogP contribution >= 0.6 is 0 Å². The number of rotatable bonds is 7. The fourth-order valence-electron chi connectivity index (χ4n) is 2.07. The highest BCUT2D eigenvalue weighted by Gasteiger charge is 2.16. The Morgan fingerprint density at radius 3 is 2.78 bits per heavy atom. The second-order valence-electron chi connectivity index (χ2n) is 5.03. The molecule has 0 radical (unpaired) electrons. The van der Waals surface area contributed by atoms with Gasteiger partial charge in [0, 0.05) is 6.61 Å². The average molecular weight is 317 g/mol. The highest BCUT2D eigenvalue weighted by molar-refractivity contribution is 5.91. The van der Waals surface area contributed by atoms with Crippen LogP contribution in [0.1, 0.15) is 23.2 Å². The van der Waals surface area contributed by atoms with Gasteiger partial charge in [-0.1, -0.05) is 5.92 Å². The van der Waals surface area contributed by atoms with Crippen molar-refractivity contribution >= 4 is 11.9 Å². The standard InChI is InChI=1S/C17H19NO5/c1-2-9-18-16(19)12-23-17(20)13-5-7-14(8-6-13)22-11-15-4-3-10-21-15/h1,5-8,15H,3-4,9-12H2,(H,18,19). The van der Waals surface area contributed by atoms with Crippen molar-refractivity contribution in [3.05, 3.63) is 29.8 Å². The molecule has 1 N–H and O–H groups in total. The molecule has 23 heavy (non-hydrogen) atoms. The van der Waals surface area contributed by atoms with E-state index in [2.05, 4.69) is 11.2 Å². The first-order valence-corrected chi connectivity index (χ1v) is 7.41. The molecule has 0 spiro atoms. The van der Waals surface area contributed by atoms with Crippen molar-refractivity contribution in [2.75, 3.05) is 26.4 Å². The molecule has 1 saturated heterocycles. The quantitative estimate of drug-likeness (QED) is 0.603. The molecule has 0 saturated carbocycles. The number of ether oxygens (including phenoxy) is 3. The van der Waals surface area contributed by atoms with Crippen LogP contribution in [-0.4, -0.2) is 44.3 Å². The van der Waals surface area contributed by atoms with Crippen LogP contribution in [-0.2, 0) is 14.3 Å². The summed E-state index contributed by atoms with van der Waals surface area (Å²) in [5.74, 6) is 1.90. The number of nitrogens with one attached hydrogen (secondary N) is 1. The molecular weight excluding hydrogens is 298 g/mol. The summed E-state index contributed by atoms with van der Waals surface area (Å²) in [6.07, 6.45) is 7.22. The topological polar surface area (TPSA) is 73.9 Å². The molecule has 6 heteroatoms. The molecule has 1 amide bonds. The Bertz CT molecular complexity index is 570. The van der Waals surface area contributed by atoms with Crippen molar-refractivity contribution in [2.24, 2.45) is 0 Å². The van der Waals surface area contributed by atoms with Crippen LogP contribution < -0.4 is 10.1 Å². The van der Waals surface area contributed by atoms with Crippen LogP contribution in [0.4, 0.5) is 0 Å². The number of hydrogen-bond donors (Lipinski definition) is 1. The second kappa shape index (κ2) is 8.81. The minimum atomic E-state index is -0.577. The molecule has 0 bridgehead atoms. The summed E-state index contributed by atoms with van der Waals surface area (Å²) in [5, 5.41) is 2.41. The van der Waals surface area contributed by atoms with E-state index in [4.69, 9.17) is 20.6 Å². The van der Waals surface area contributed by atoms with E-state index >= 15 is 0 Å². The third-order valence-electron chi connectivity index (χ3n) is 3.27. The van der Waals surface area contributed by atoms with Gasteiger partial charge in [-0.3, -0.25) is 4.79 Å². The molecule has 1 unspecified atom stereocenters. The van der Waals surface area contributed by atoms with Gasteiger partial charge < -0.3 is 19.5 Å². The molecule has 122 valence electrons. The van der Waals surface area contributed by atoms with Gasteiger partial charge in [0.05, 0.1) is 18.2 Å². The molecule has 1 aromatic rings. The summed E-state index contributed by atoms with van der Waals surface area (Å²) in [4.78, 5) is 23.1. The van der Waals surface area contributed by atoms with Crippen molar-refractivity contribution < 1.29 is 23.8 Å². The van der Waals surface area contributed by atoms with Gasteiger partial charge in [0.2, 0.25) is 0 Å². The molecule has 0 aromatic heterocycles. The van der Waals surface area contributed by atoms with Gasteiger partial charge in [0.15, 0.2) is 6.61 Å². The number of esters is 1. The molecule has 1 aromatic carbocycles. The molecule has 1 aliphatic rings. The molecule has 1 heterocycles. The minimum absolute atomic E-state index is 0.104. The first-order chi connectivity index (χ1) is 11.2. The maximum atomic E-state index is 11.8. The zero-order valence-corrected chi connectivity index (χ0v) is 12.7. The van der Waals surface area contributed by atoms with E-state index in [0.29, 0.717) is 17.9 Å². The third kappa shape index (κ3) is 5.64.